The van der Waals surface area contributed by atoms with E-state index in [-0.39, 0.29) is 5.69 Å². The van der Waals surface area contributed by atoms with Gasteiger partial charge >= 0.3 is 0 Å². The molecule has 0 saturated carbocycles. The molecule has 0 N–H and O–H groups in total. The Balaban J connectivity index is 1.69. The average molecular weight is 343 g/mol. The van der Waals surface area contributed by atoms with Gasteiger partial charge in [0.25, 0.3) is 16.8 Å². The van der Waals surface area contributed by atoms with E-state index < -0.39 is 4.92 Å². The fourth-order valence-corrected chi connectivity index (χ4v) is 2.78. The third kappa shape index (κ3) is 3.54. The van der Waals surface area contributed by atoms with E-state index in [1.165, 1.54) is 23.9 Å². The molecule has 24 heavy (non-hydrogen) atoms. The van der Waals surface area contributed by atoms with Crippen LogP contribution in [0.15, 0.2) is 58.2 Å². The first-order valence-corrected chi connectivity index (χ1v) is 7.99. The summed E-state index contributed by atoms with van der Waals surface area (Å²) in [5.74, 6) is 1.62. The second-order valence-corrected chi connectivity index (χ2v) is 5.71. The smallest absolute Gasteiger partial charge is 0.277 e. The van der Waals surface area contributed by atoms with Crippen LogP contribution in [-0.4, -0.2) is 22.2 Å². The lowest BCUT2D eigenvalue weighted by molar-refractivity contribution is -0.384. The minimum Gasteiger partial charge on any atom is -0.496 e. The fraction of sp³-hybridized carbons (Fsp3) is 0.125. The molecule has 3 aromatic rings. The van der Waals surface area contributed by atoms with Crippen LogP contribution >= 0.6 is 11.8 Å². The standard InChI is InChI=1S/C16H13N3O4S/c1-22-14-5-3-2-4-13(14)15-17-18-16(23-15)24-10-11-6-8-12(9-7-11)19(20)21/h2-9H,10H2,1H3. The zero-order valence-electron chi connectivity index (χ0n) is 12.7. The Kier molecular flexibility index (Phi) is 4.76. The van der Waals surface area contributed by atoms with Crippen molar-refractivity contribution < 1.29 is 14.1 Å². The molecule has 7 nitrogen and oxygen atoms in total. The highest BCUT2D eigenvalue weighted by Gasteiger charge is 2.13. The zero-order chi connectivity index (χ0) is 16.9. The van der Waals surface area contributed by atoms with Gasteiger partial charge in [0.05, 0.1) is 17.6 Å². The van der Waals surface area contributed by atoms with Crippen LogP contribution in [0.25, 0.3) is 11.5 Å². The van der Waals surface area contributed by atoms with E-state index in [0.717, 1.165) is 11.1 Å². The van der Waals surface area contributed by atoms with E-state index in [0.29, 0.717) is 22.6 Å². The topological polar surface area (TPSA) is 91.3 Å². The van der Waals surface area contributed by atoms with E-state index >= 15 is 0 Å². The van der Waals surface area contributed by atoms with Gasteiger partial charge in [-0.25, -0.2) is 0 Å². The van der Waals surface area contributed by atoms with Crippen molar-refractivity contribution >= 4 is 17.4 Å². The summed E-state index contributed by atoms with van der Waals surface area (Å²) in [6, 6.07) is 13.8. The lowest BCUT2D eigenvalue weighted by Crippen LogP contribution is -1.88. The van der Waals surface area contributed by atoms with Crippen molar-refractivity contribution in [2.75, 3.05) is 7.11 Å². The molecule has 1 aromatic heterocycles. The number of nitrogens with zero attached hydrogens (tertiary/aromatic N) is 3. The van der Waals surface area contributed by atoms with Gasteiger partial charge in [-0.3, -0.25) is 10.1 Å². The van der Waals surface area contributed by atoms with Gasteiger partial charge in [0.15, 0.2) is 0 Å². The van der Waals surface area contributed by atoms with Gasteiger partial charge in [0.1, 0.15) is 5.75 Å². The molecule has 0 spiro atoms. The minimum atomic E-state index is -0.422. The summed E-state index contributed by atoms with van der Waals surface area (Å²) in [5.41, 5.74) is 1.73. The maximum atomic E-state index is 10.6. The SMILES string of the molecule is COc1ccccc1-c1nnc(SCc2ccc([N+](=O)[O-])cc2)o1. The summed E-state index contributed by atoms with van der Waals surface area (Å²) in [7, 11) is 1.58. The van der Waals surface area contributed by atoms with Gasteiger partial charge in [-0.1, -0.05) is 36.0 Å². The number of benzene rings is 2. The second-order valence-electron chi connectivity index (χ2n) is 4.79. The van der Waals surface area contributed by atoms with Crippen molar-refractivity contribution in [2.45, 2.75) is 11.0 Å². The molecule has 0 aliphatic heterocycles. The van der Waals surface area contributed by atoms with Crippen molar-refractivity contribution in [3.05, 3.63) is 64.2 Å². The van der Waals surface area contributed by atoms with Crippen molar-refractivity contribution in [1.82, 2.24) is 10.2 Å². The summed E-state index contributed by atoms with van der Waals surface area (Å²) < 4.78 is 10.9. The lowest BCUT2D eigenvalue weighted by atomic mass is 10.2. The highest BCUT2D eigenvalue weighted by atomic mass is 32.2. The number of para-hydroxylation sites is 1. The van der Waals surface area contributed by atoms with Crippen molar-refractivity contribution in [3.8, 4) is 17.2 Å². The van der Waals surface area contributed by atoms with E-state index in [2.05, 4.69) is 10.2 Å². The Hall–Kier alpha value is -2.87. The molecule has 0 atom stereocenters. The first-order valence-electron chi connectivity index (χ1n) is 7.00. The number of thioether (sulfide) groups is 1. The molecule has 1 heterocycles. The molecular formula is C16H13N3O4S. The van der Waals surface area contributed by atoms with E-state index in [4.69, 9.17) is 9.15 Å². The highest BCUT2D eigenvalue weighted by molar-refractivity contribution is 7.98. The van der Waals surface area contributed by atoms with Gasteiger partial charge < -0.3 is 9.15 Å². The summed E-state index contributed by atoms with van der Waals surface area (Å²) in [4.78, 5) is 10.2. The van der Waals surface area contributed by atoms with Crippen LogP contribution in [0.2, 0.25) is 0 Å². The number of hydrogen-bond acceptors (Lipinski definition) is 7. The highest BCUT2D eigenvalue weighted by Crippen LogP contribution is 2.31. The maximum absolute atomic E-state index is 10.6. The predicted octanol–water partition coefficient (Wildman–Crippen LogP) is 3.95. The van der Waals surface area contributed by atoms with Gasteiger partial charge in [0.2, 0.25) is 0 Å². The van der Waals surface area contributed by atoms with Crippen LogP contribution < -0.4 is 4.74 Å². The molecule has 122 valence electrons. The molecular weight excluding hydrogens is 330 g/mol. The van der Waals surface area contributed by atoms with E-state index in [1.807, 2.05) is 24.3 Å². The molecule has 3 rings (SSSR count). The molecule has 0 aliphatic rings. The van der Waals surface area contributed by atoms with Crippen LogP contribution in [0.1, 0.15) is 5.56 Å². The normalized spacial score (nSPS) is 10.5. The third-order valence-electron chi connectivity index (χ3n) is 3.25. The Bertz CT molecular complexity index is 849. The zero-order valence-corrected chi connectivity index (χ0v) is 13.5. The number of methoxy groups -OCH3 is 1. The molecule has 0 amide bonds. The summed E-state index contributed by atoms with van der Waals surface area (Å²) in [6.45, 7) is 0. The molecule has 0 fully saturated rings. The van der Waals surface area contributed by atoms with Crippen molar-refractivity contribution in [3.63, 3.8) is 0 Å². The summed E-state index contributed by atoms with van der Waals surface area (Å²) in [6.07, 6.45) is 0. The molecule has 0 unspecified atom stereocenters. The van der Waals surface area contributed by atoms with Crippen LogP contribution in [0.3, 0.4) is 0 Å². The van der Waals surface area contributed by atoms with Crippen LogP contribution in [0, 0.1) is 10.1 Å². The first-order chi connectivity index (χ1) is 11.7. The van der Waals surface area contributed by atoms with Gasteiger partial charge in [-0.05, 0) is 17.7 Å². The number of hydrogen-bond donors (Lipinski definition) is 0. The number of aromatic nitrogens is 2. The van der Waals surface area contributed by atoms with Crippen LogP contribution in [-0.2, 0) is 5.75 Å². The maximum Gasteiger partial charge on any atom is 0.277 e. The number of ether oxygens (including phenoxy) is 1. The average Bonchev–Trinajstić information content (AvgIpc) is 3.09. The predicted molar refractivity (Wildman–Crippen MR) is 88.9 cm³/mol. The monoisotopic (exact) mass is 343 g/mol. The molecule has 0 radical (unpaired) electrons. The third-order valence-corrected chi connectivity index (χ3v) is 4.14. The Morgan fingerprint density at radius 1 is 1.17 bits per heavy atom. The molecule has 8 heteroatoms. The number of nitro groups is 1. The van der Waals surface area contributed by atoms with Gasteiger partial charge in [0, 0.05) is 17.9 Å². The summed E-state index contributed by atoms with van der Waals surface area (Å²) >= 11 is 1.37. The van der Waals surface area contributed by atoms with Crippen LogP contribution in [0.5, 0.6) is 5.75 Å². The second kappa shape index (κ2) is 7.14. The Morgan fingerprint density at radius 2 is 1.92 bits per heavy atom. The number of non-ortho nitro benzene ring substituents is 1. The van der Waals surface area contributed by atoms with Gasteiger partial charge in [-0.2, -0.15) is 0 Å². The van der Waals surface area contributed by atoms with Crippen LogP contribution in [0.4, 0.5) is 5.69 Å². The van der Waals surface area contributed by atoms with E-state index in [1.54, 1.807) is 19.2 Å². The largest absolute Gasteiger partial charge is 0.496 e. The van der Waals surface area contributed by atoms with Crippen molar-refractivity contribution in [1.29, 1.82) is 0 Å². The number of rotatable bonds is 6. The minimum absolute atomic E-state index is 0.0694. The first kappa shape index (κ1) is 16.0. The Labute approximate surface area is 141 Å². The molecule has 0 bridgehead atoms. The Morgan fingerprint density at radius 3 is 2.62 bits per heavy atom. The quantitative estimate of drug-likeness (QED) is 0.380. The fourth-order valence-electron chi connectivity index (χ4n) is 2.06. The number of nitro benzene ring substituents is 1. The summed E-state index contributed by atoms with van der Waals surface area (Å²) in [5, 5.41) is 19.1. The molecule has 2 aromatic carbocycles. The molecule has 0 saturated heterocycles. The lowest BCUT2D eigenvalue weighted by Gasteiger charge is -2.03. The molecule has 0 aliphatic carbocycles. The van der Waals surface area contributed by atoms with Crippen molar-refractivity contribution in [2.24, 2.45) is 0 Å². The van der Waals surface area contributed by atoms with E-state index in [9.17, 15) is 10.1 Å². The van der Waals surface area contributed by atoms with Gasteiger partial charge in [-0.15, -0.1) is 10.2 Å².